The van der Waals surface area contributed by atoms with Crippen LogP contribution in [0.15, 0.2) is 59.5 Å². The summed E-state index contributed by atoms with van der Waals surface area (Å²) in [4.78, 5) is 17.5. The van der Waals surface area contributed by atoms with E-state index >= 15 is 0 Å². The first-order chi connectivity index (χ1) is 15.5. The minimum atomic E-state index is -3.49. The van der Waals surface area contributed by atoms with Gasteiger partial charge in [0.25, 0.3) is 5.91 Å². The molecule has 0 radical (unpaired) electrons. The van der Waals surface area contributed by atoms with E-state index in [-0.39, 0.29) is 16.8 Å². The number of hydrogen-bond donors (Lipinski definition) is 2. The Bertz CT molecular complexity index is 984. The lowest BCUT2D eigenvalue weighted by Gasteiger charge is -2.34. The van der Waals surface area contributed by atoms with Gasteiger partial charge in [-0.2, -0.15) is 0 Å². The van der Waals surface area contributed by atoms with Crippen LogP contribution in [0.25, 0.3) is 0 Å². The minimum Gasteiger partial charge on any atom is -0.352 e. The highest BCUT2D eigenvalue weighted by Gasteiger charge is 2.28. The van der Waals surface area contributed by atoms with E-state index in [2.05, 4.69) is 44.1 Å². The minimum absolute atomic E-state index is 0.0646. The van der Waals surface area contributed by atoms with Crippen LogP contribution in [0.2, 0.25) is 0 Å². The fourth-order valence-corrected chi connectivity index (χ4v) is 5.20. The third-order valence-corrected chi connectivity index (χ3v) is 7.51. The average molecular weight is 457 g/mol. The Labute approximate surface area is 190 Å². The van der Waals surface area contributed by atoms with Gasteiger partial charge < -0.3 is 10.2 Å². The maximum atomic E-state index is 12.4. The number of carbonyl (C=O) groups is 1. The fourth-order valence-electron chi connectivity index (χ4n) is 3.89. The average Bonchev–Trinajstić information content (AvgIpc) is 3.62. The summed E-state index contributed by atoms with van der Waals surface area (Å²) in [7, 11) is -3.49. The predicted molar refractivity (Wildman–Crippen MR) is 125 cm³/mol. The summed E-state index contributed by atoms with van der Waals surface area (Å²) < 4.78 is 27.1. The number of sulfonamides is 1. The van der Waals surface area contributed by atoms with Gasteiger partial charge in [-0.3, -0.25) is 9.69 Å². The van der Waals surface area contributed by atoms with Crippen LogP contribution in [0.5, 0.6) is 0 Å². The highest BCUT2D eigenvalue weighted by Crippen LogP contribution is 2.22. The van der Waals surface area contributed by atoms with E-state index < -0.39 is 10.0 Å². The van der Waals surface area contributed by atoms with Crippen LogP contribution in [0, 0.1) is 0 Å². The summed E-state index contributed by atoms with van der Waals surface area (Å²) >= 11 is 0. The molecule has 2 aliphatic rings. The Morgan fingerprint density at radius 3 is 2.22 bits per heavy atom. The second kappa shape index (κ2) is 10.6. The van der Waals surface area contributed by atoms with E-state index in [4.69, 9.17) is 0 Å². The molecule has 1 aliphatic carbocycles. The van der Waals surface area contributed by atoms with Gasteiger partial charge in [-0.1, -0.05) is 30.3 Å². The van der Waals surface area contributed by atoms with Crippen molar-refractivity contribution >= 4 is 15.9 Å². The zero-order valence-electron chi connectivity index (χ0n) is 18.4. The third-order valence-electron chi connectivity index (χ3n) is 5.98. The lowest BCUT2D eigenvalue weighted by molar-refractivity contribution is 0.0947. The van der Waals surface area contributed by atoms with Crippen LogP contribution in [0.1, 0.15) is 35.2 Å². The first-order valence-corrected chi connectivity index (χ1v) is 12.9. The molecular weight excluding hydrogens is 424 g/mol. The number of amides is 1. The van der Waals surface area contributed by atoms with Gasteiger partial charge in [0.1, 0.15) is 0 Å². The quantitative estimate of drug-likeness (QED) is 0.535. The second-order valence-electron chi connectivity index (χ2n) is 8.63. The summed E-state index contributed by atoms with van der Waals surface area (Å²) in [5.41, 5.74) is 1.83. The van der Waals surface area contributed by atoms with E-state index in [1.54, 1.807) is 12.1 Å². The third kappa shape index (κ3) is 6.62. The van der Waals surface area contributed by atoms with Crippen LogP contribution in [0.4, 0.5) is 0 Å². The van der Waals surface area contributed by atoms with Crippen molar-refractivity contribution in [1.29, 1.82) is 0 Å². The predicted octanol–water partition coefficient (Wildman–Crippen LogP) is 2.06. The molecule has 2 fully saturated rings. The standard InChI is InChI=1S/C24H32N4O3S/c29-24(21-7-11-23(12-8-21)32(30,31)26-22-9-10-22)25-13-4-14-27-15-17-28(18-16-27)19-20-5-2-1-3-6-20/h1-3,5-8,11-12,22,26H,4,9-10,13-19H2,(H,25,29). The zero-order valence-corrected chi connectivity index (χ0v) is 19.2. The molecule has 2 aromatic rings. The number of nitrogens with one attached hydrogen (secondary N) is 2. The molecule has 7 nitrogen and oxygen atoms in total. The fraction of sp³-hybridized carbons (Fsp3) is 0.458. The summed E-state index contributed by atoms with van der Waals surface area (Å²) in [6.45, 7) is 6.78. The lowest BCUT2D eigenvalue weighted by Crippen LogP contribution is -2.46. The molecule has 2 aromatic carbocycles. The number of carbonyl (C=O) groups excluding carboxylic acids is 1. The molecule has 0 atom stereocenters. The molecule has 1 aliphatic heterocycles. The van der Waals surface area contributed by atoms with Crippen molar-refractivity contribution in [3.63, 3.8) is 0 Å². The molecule has 8 heteroatoms. The molecule has 1 saturated heterocycles. The van der Waals surface area contributed by atoms with Crippen LogP contribution >= 0.6 is 0 Å². The summed E-state index contributed by atoms with van der Waals surface area (Å²) in [5, 5.41) is 2.94. The molecular formula is C24H32N4O3S. The SMILES string of the molecule is O=C(NCCCN1CCN(Cc2ccccc2)CC1)c1ccc(S(=O)(=O)NC2CC2)cc1. The Morgan fingerprint density at radius 1 is 0.906 bits per heavy atom. The molecule has 1 amide bonds. The van der Waals surface area contributed by atoms with Crippen molar-refractivity contribution in [2.24, 2.45) is 0 Å². The zero-order chi connectivity index (χ0) is 22.4. The Hall–Kier alpha value is -2.26. The van der Waals surface area contributed by atoms with Crippen molar-refractivity contribution in [3.05, 3.63) is 65.7 Å². The Balaban J connectivity index is 1.13. The van der Waals surface area contributed by atoms with Crippen LogP contribution in [0.3, 0.4) is 0 Å². The van der Waals surface area contributed by atoms with Gasteiger partial charge in [-0.15, -0.1) is 0 Å². The highest BCUT2D eigenvalue weighted by molar-refractivity contribution is 7.89. The molecule has 32 heavy (non-hydrogen) atoms. The van der Waals surface area contributed by atoms with Crippen LogP contribution in [-0.2, 0) is 16.6 Å². The smallest absolute Gasteiger partial charge is 0.251 e. The number of benzene rings is 2. The van der Waals surface area contributed by atoms with E-state index in [0.717, 1.165) is 58.5 Å². The summed E-state index contributed by atoms with van der Waals surface area (Å²) in [6, 6.07) is 16.8. The van der Waals surface area contributed by atoms with Gasteiger partial charge >= 0.3 is 0 Å². The molecule has 0 spiro atoms. The molecule has 1 saturated carbocycles. The van der Waals surface area contributed by atoms with Gasteiger partial charge in [-0.25, -0.2) is 13.1 Å². The second-order valence-corrected chi connectivity index (χ2v) is 10.3. The van der Waals surface area contributed by atoms with Gasteiger partial charge in [0, 0.05) is 50.9 Å². The normalized spacial score (nSPS) is 17.9. The maximum absolute atomic E-state index is 12.4. The molecule has 1 heterocycles. The molecule has 0 aromatic heterocycles. The Kier molecular flexibility index (Phi) is 7.57. The van der Waals surface area contributed by atoms with Crippen molar-refractivity contribution < 1.29 is 13.2 Å². The number of piperazine rings is 1. The van der Waals surface area contributed by atoms with Crippen molar-refractivity contribution in [2.45, 2.75) is 36.7 Å². The first-order valence-electron chi connectivity index (χ1n) is 11.4. The van der Waals surface area contributed by atoms with E-state index in [0.29, 0.717) is 12.1 Å². The maximum Gasteiger partial charge on any atom is 0.251 e. The van der Waals surface area contributed by atoms with E-state index in [9.17, 15) is 13.2 Å². The van der Waals surface area contributed by atoms with Gasteiger partial charge in [0.15, 0.2) is 0 Å². The van der Waals surface area contributed by atoms with Gasteiger partial charge in [-0.05, 0) is 55.6 Å². The van der Waals surface area contributed by atoms with Gasteiger partial charge in [0.05, 0.1) is 4.90 Å². The molecule has 0 bridgehead atoms. The number of rotatable bonds is 10. The molecule has 2 N–H and O–H groups in total. The summed E-state index contributed by atoms with van der Waals surface area (Å²) in [5.74, 6) is -0.170. The number of hydrogen-bond acceptors (Lipinski definition) is 5. The molecule has 4 rings (SSSR count). The van der Waals surface area contributed by atoms with E-state index in [1.807, 2.05) is 6.07 Å². The first kappa shape index (κ1) is 22.9. The Morgan fingerprint density at radius 2 is 1.56 bits per heavy atom. The lowest BCUT2D eigenvalue weighted by atomic mass is 10.2. The topological polar surface area (TPSA) is 81.8 Å². The van der Waals surface area contributed by atoms with Crippen LogP contribution in [-0.4, -0.2) is 69.4 Å². The molecule has 0 unspecified atom stereocenters. The molecule has 172 valence electrons. The van der Waals surface area contributed by atoms with Crippen LogP contribution < -0.4 is 10.0 Å². The van der Waals surface area contributed by atoms with Gasteiger partial charge in [0.2, 0.25) is 10.0 Å². The van der Waals surface area contributed by atoms with Crippen molar-refractivity contribution in [3.8, 4) is 0 Å². The van der Waals surface area contributed by atoms with Crippen molar-refractivity contribution in [2.75, 3.05) is 39.3 Å². The number of nitrogens with zero attached hydrogens (tertiary/aromatic N) is 2. The monoisotopic (exact) mass is 456 g/mol. The summed E-state index contributed by atoms with van der Waals surface area (Å²) in [6.07, 6.45) is 2.67. The van der Waals surface area contributed by atoms with E-state index in [1.165, 1.54) is 17.7 Å². The van der Waals surface area contributed by atoms with Crippen molar-refractivity contribution in [1.82, 2.24) is 19.8 Å². The highest BCUT2D eigenvalue weighted by atomic mass is 32.2. The largest absolute Gasteiger partial charge is 0.352 e.